The molecule has 2 unspecified atom stereocenters. The van der Waals surface area contributed by atoms with Gasteiger partial charge in [-0.05, 0) is 20.8 Å². The van der Waals surface area contributed by atoms with E-state index in [0.717, 1.165) is 0 Å². The number of Topliss-reactive ketones (excluding diaryl/α,β-unsaturated/α-hetero) is 2. The molecule has 28 heavy (non-hydrogen) atoms. The summed E-state index contributed by atoms with van der Waals surface area (Å²) in [5, 5.41) is 12.0. The maximum absolute atomic E-state index is 13.2. The molecule has 0 spiro atoms. The number of methoxy groups -OCH3 is 2. The zero-order chi connectivity index (χ0) is 20.6. The molecule has 0 saturated carbocycles. The van der Waals surface area contributed by atoms with Crippen molar-refractivity contribution in [1.82, 2.24) is 10.3 Å². The fourth-order valence-corrected chi connectivity index (χ4v) is 2.92. The summed E-state index contributed by atoms with van der Waals surface area (Å²) in [6.07, 6.45) is 2.02. The number of carbonyl (C=O) groups is 3. The number of nitrogens with one attached hydrogen (secondary N) is 1. The summed E-state index contributed by atoms with van der Waals surface area (Å²) in [5.41, 5.74) is -0.167. The van der Waals surface area contributed by atoms with Crippen molar-refractivity contribution in [1.29, 1.82) is 0 Å². The summed E-state index contributed by atoms with van der Waals surface area (Å²) in [7, 11) is 2.78. The van der Waals surface area contributed by atoms with E-state index >= 15 is 0 Å². The standard InChI is InChI=1S/C18H22N4O6/c1-18(2,3)17(25)28-8-22-13-10(20-21-22)7-19-9-6-11(26-4)16(27-5)15(24)12(9)14(13)23/h6-7,13,16,19H,8H2,1-5H3. The first kappa shape index (κ1) is 19.7. The third-order valence-corrected chi connectivity index (χ3v) is 4.43. The Labute approximate surface area is 161 Å². The Balaban J connectivity index is 1.88. The fourth-order valence-electron chi connectivity index (χ4n) is 2.92. The summed E-state index contributed by atoms with van der Waals surface area (Å²) < 4.78 is 15.6. The van der Waals surface area contributed by atoms with Gasteiger partial charge in [0.25, 0.3) is 0 Å². The van der Waals surface area contributed by atoms with Gasteiger partial charge in [-0.15, -0.1) is 5.11 Å². The van der Waals surface area contributed by atoms with Gasteiger partial charge in [0.2, 0.25) is 5.78 Å². The summed E-state index contributed by atoms with van der Waals surface area (Å²) >= 11 is 0. The van der Waals surface area contributed by atoms with Crippen LogP contribution in [-0.2, 0) is 28.6 Å². The number of hydrogen-bond donors (Lipinski definition) is 1. The van der Waals surface area contributed by atoms with Crippen LogP contribution in [0.25, 0.3) is 0 Å². The van der Waals surface area contributed by atoms with Crippen molar-refractivity contribution in [3.05, 3.63) is 35.0 Å². The predicted molar refractivity (Wildman–Crippen MR) is 95.0 cm³/mol. The van der Waals surface area contributed by atoms with E-state index in [0.29, 0.717) is 11.4 Å². The van der Waals surface area contributed by atoms with Crippen LogP contribution >= 0.6 is 0 Å². The van der Waals surface area contributed by atoms with Crippen LogP contribution in [0.5, 0.6) is 0 Å². The van der Waals surface area contributed by atoms with Crippen molar-refractivity contribution >= 4 is 17.5 Å². The molecule has 1 aliphatic carbocycles. The van der Waals surface area contributed by atoms with Gasteiger partial charge in [0.05, 0.1) is 23.8 Å². The molecule has 0 aromatic heterocycles. The highest BCUT2D eigenvalue weighted by atomic mass is 16.5. The molecule has 150 valence electrons. The van der Waals surface area contributed by atoms with E-state index < -0.39 is 35.1 Å². The van der Waals surface area contributed by atoms with E-state index in [2.05, 4.69) is 15.7 Å². The van der Waals surface area contributed by atoms with Crippen LogP contribution in [0.4, 0.5) is 0 Å². The second kappa shape index (κ2) is 7.19. The molecule has 0 bridgehead atoms. The summed E-state index contributed by atoms with van der Waals surface area (Å²) in [6, 6.07) is -0.980. The largest absolute Gasteiger partial charge is 0.498 e. The molecule has 2 atom stereocenters. The van der Waals surface area contributed by atoms with E-state index in [1.54, 1.807) is 26.8 Å². The van der Waals surface area contributed by atoms with Crippen LogP contribution in [0.2, 0.25) is 0 Å². The highest BCUT2D eigenvalue weighted by Crippen LogP contribution is 2.32. The molecule has 3 aliphatic rings. The monoisotopic (exact) mass is 390 g/mol. The molecule has 10 nitrogen and oxygen atoms in total. The molecule has 0 saturated heterocycles. The lowest BCUT2D eigenvalue weighted by molar-refractivity contribution is -0.159. The third-order valence-electron chi connectivity index (χ3n) is 4.43. The number of esters is 1. The van der Waals surface area contributed by atoms with Crippen LogP contribution in [0.15, 0.2) is 45.3 Å². The molecule has 0 aromatic rings. The maximum Gasteiger partial charge on any atom is 0.312 e. The van der Waals surface area contributed by atoms with Gasteiger partial charge in [0, 0.05) is 19.4 Å². The topological polar surface area (TPSA) is 119 Å². The Morgan fingerprint density at radius 2 is 1.96 bits per heavy atom. The Kier molecular flexibility index (Phi) is 5.07. The van der Waals surface area contributed by atoms with Crippen molar-refractivity contribution in [3.63, 3.8) is 0 Å². The van der Waals surface area contributed by atoms with E-state index in [9.17, 15) is 14.4 Å². The first-order valence-corrected chi connectivity index (χ1v) is 8.62. The van der Waals surface area contributed by atoms with Crippen LogP contribution in [0.1, 0.15) is 20.8 Å². The average Bonchev–Trinajstić information content (AvgIpc) is 2.99. The van der Waals surface area contributed by atoms with Gasteiger partial charge in [-0.3, -0.25) is 14.4 Å². The Bertz CT molecular complexity index is 849. The maximum atomic E-state index is 13.2. The smallest absolute Gasteiger partial charge is 0.312 e. The minimum absolute atomic E-state index is 0.0663. The zero-order valence-corrected chi connectivity index (χ0v) is 16.3. The predicted octanol–water partition coefficient (Wildman–Crippen LogP) is 0.980. The van der Waals surface area contributed by atoms with Gasteiger partial charge in [0.1, 0.15) is 11.5 Å². The van der Waals surface area contributed by atoms with Crippen molar-refractivity contribution in [2.24, 2.45) is 15.8 Å². The number of fused-ring (bicyclic) bond motifs is 1. The molecule has 3 rings (SSSR count). The Morgan fingerprint density at radius 1 is 1.25 bits per heavy atom. The van der Waals surface area contributed by atoms with Gasteiger partial charge in [-0.25, -0.2) is 5.01 Å². The first-order valence-electron chi connectivity index (χ1n) is 8.62. The molecule has 0 aromatic carbocycles. The number of ketones is 2. The van der Waals surface area contributed by atoms with Gasteiger partial charge in [-0.1, -0.05) is 5.22 Å². The third kappa shape index (κ3) is 3.31. The zero-order valence-electron chi connectivity index (χ0n) is 16.3. The van der Waals surface area contributed by atoms with Crippen molar-refractivity contribution in [2.75, 3.05) is 21.0 Å². The minimum atomic E-state index is -1.02. The molecule has 0 amide bonds. The van der Waals surface area contributed by atoms with E-state index in [1.165, 1.54) is 25.4 Å². The Hall–Kier alpha value is -3.01. The number of hydrogen-bond acceptors (Lipinski definition) is 10. The molecule has 2 aliphatic heterocycles. The average molecular weight is 390 g/mol. The second-order valence-corrected chi connectivity index (χ2v) is 7.44. The highest BCUT2D eigenvalue weighted by molar-refractivity contribution is 6.26. The lowest BCUT2D eigenvalue weighted by Gasteiger charge is -2.26. The van der Waals surface area contributed by atoms with Crippen LogP contribution < -0.4 is 5.32 Å². The molecule has 2 heterocycles. The summed E-state index contributed by atoms with van der Waals surface area (Å²) in [4.78, 5) is 38.1. The quantitative estimate of drug-likeness (QED) is 0.557. The highest BCUT2D eigenvalue weighted by Gasteiger charge is 2.45. The minimum Gasteiger partial charge on any atom is -0.498 e. The van der Waals surface area contributed by atoms with Gasteiger partial charge in [0.15, 0.2) is 24.7 Å². The lowest BCUT2D eigenvalue weighted by atomic mass is 9.90. The van der Waals surface area contributed by atoms with Crippen molar-refractivity contribution in [2.45, 2.75) is 32.9 Å². The lowest BCUT2D eigenvalue weighted by Crippen LogP contribution is -2.43. The molecule has 0 radical (unpaired) electrons. The Morgan fingerprint density at radius 3 is 2.57 bits per heavy atom. The molecule has 0 fully saturated rings. The number of allylic oxidation sites excluding steroid dienone is 1. The van der Waals surface area contributed by atoms with Crippen LogP contribution in [0.3, 0.4) is 0 Å². The van der Waals surface area contributed by atoms with Crippen LogP contribution in [0, 0.1) is 5.41 Å². The number of rotatable bonds is 4. The van der Waals surface area contributed by atoms with E-state index in [-0.39, 0.29) is 18.1 Å². The normalized spacial score (nSPS) is 24.1. The number of nitrogens with zero attached hydrogens (tertiary/aromatic N) is 3. The van der Waals surface area contributed by atoms with Crippen molar-refractivity contribution < 1.29 is 28.6 Å². The second-order valence-electron chi connectivity index (χ2n) is 7.44. The van der Waals surface area contributed by atoms with E-state index in [4.69, 9.17) is 14.2 Å². The van der Waals surface area contributed by atoms with Crippen molar-refractivity contribution in [3.8, 4) is 0 Å². The van der Waals surface area contributed by atoms with Gasteiger partial charge < -0.3 is 19.5 Å². The fraction of sp³-hybridized carbons (Fsp3) is 0.500. The van der Waals surface area contributed by atoms with E-state index in [1.807, 2.05) is 0 Å². The van der Waals surface area contributed by atoms with Gasteiger partial charge in [-0.2, -0.15) is 0 Å². The SMILES string of the molecule is COC1=CC2=C(C(=O)C1OC)C(=O)C1C(=CN2)N=NN1COC(=O)C(C)(C)C. The van der Waals surface area contributed by atoms with Crippen LogP contribution in [-0.4, -0.2) is 55.6 Å². The molecular formula is C18H22N4O6. The number of carbonyl (C=O) groups excluding carboxylic acids is 3. The molecule has 10 heteroatoms. The summed E-state index contributed by atoms with van der Waals surface area (Å²) in [5.74, 6) is -1.20. The number of ether oxygens (including phenoxy) is 3. The molecule has 1 N–H and O–H groups in total. The summed E-state index contributed by atoms with van der Waals surface area (Å²) in [6.45, 7) is 4.89. The first-order chi connectivity index (χ1) is 13.2. The molecular weight excluding hydrogens is 368 g/mol. The van der Waals surface area contributed by atoms with Gasteiger partial charge >= 0.3 is 5.97 Å².